The molecule has 164 valence electrons. The molecule has 9 heteroatoms. The van der Waals surface area contributed by atoms with Crippen LogP contribution in [0.15, 0.2) is 41.3 Å². The lowest BCUT2D eigenvalue weighted by Crippen LogP contribution is -2.25. The molecule has 1 fully saturated rings. The molecule has 1 aliphatic carbocycles. The Morgan fingerprint density at radius 1 is 1.16 bits per heavy atom. The van der Waals surface area contributed by atoms with E-state index in [2.05, 4.69) is 10.6 Å². The zero-order chi connectivity index (χ0) is 22.5. The Morgan fingerprint density at radius 2 is 1.90 bits per heavy atom. The summed E-state index contributed by atoms with van der Waals surface area (Å²) in [4.78, 5) is 39.0. The van der Waals surface area contributed by atoms with Gasteiger partial charge in [0.1, 0.15) is 5.56 Å². The van der Waals surface area contributed by atoms with Crippen molar-refractivity contribution in [1.29, 1.82) is 0 Å². The monoisotopic (exact) mass is 442 g/mol. The van der Waals surface area contributed by atoms with Gasteiger partial charge in [0.2, 0.25) is 0 Å². The number of benzene rings is 2. The summed E-state index contributed by atoms with van der Waals surface area (Å²) in [5.41, 5.74) is 1.39. The highest BCUT2D eigenvalue weighted by Crippen LogP contribution is 2.28. The maximum atomic E-state index is 13.0. The van der Waals surface area contributed by atoms with Crippen LogP contribution in [0.3, 0.4) is 0 Å². The molecule has 2 aromatic carbocycles. The Bertz CT molecular complexity index is 1010. The smallest absolute Gasteiger partial charge is 0.282 e. The van der Waals surface area contributed by atoms with Gasteiger partial charge in [0.05, 0.1) is 4.92 Å². The lowest BCUT2D eigenvalue weighted by molar-refractivity contribution is -0.385. The molecule has 0 aromatic heterocycles. The second kappa shape index (κ2) is 9.93. The minimum atomic E-state index is -0.579. The van der Waals surface area contributed by atoms with Crippen molar-refractivity contribution >= 4 is 35.0 Å². The van der Waals surface area contributed by atoms with Crippen molar-refractivity contribution in [2.45, 2.75) is 30.7 Å². The summed E-state index contributed by atoms with van der Waals surface area (Å²) >= 11 is 1.53. The van der Waals surface area contributed by atoms with E-state index < -0.39 is 10.8 Å². The third kappa shape index (κ3) is 6.28. The van der Waals surface area contributed by atoms with Crippen LogP contribution in [0.25, 0.3) is 0 Å². The highest BCUT2D eigenvalue weighted by molar-refractivity contribution is 7.99. The quantitative estimate of drug-likeness (QED) is 0.349. The molecule has 2 aromatic rings. The van der Waals surface area contributed by atoms with E-state index in [-0.39, 0.29) is 23.2 Å². The van der Waals surface area contributed by atoms with Gasteiger partial charge in [-0.1, -0.05) is 6.07 Å². The molecule has 0 saturated heterocycles. The zero-order valence-electron chi connectivity index (χ0n) is 17.8. The van der Waals surface area contributed by atoms with E-state index in [1.54, 1.807) is 37.3 Å². The summed E-state index contributed by atoms with van der Waals surface area (Å²) in [5, 5.41) is 17.1. The number of anilines is 1. The maximum Gasteiger partial charge on any atom is 0.282 e. The molecule has 0 unspecified atom stereocenters. The molecule has 0 aliphatic heterocycles. The van der Waals surface area contributed by atoms with E-state index in [1.165, 1.54) is 17.8 Å². The van der Waals surface area contributed by atoms with Crippen molar-refractivity contribution in [1.82, 2.24) is 10.2 Å². The molecule has 31 heavy (non-hydrogen) atoms. The van der Waals surface area contributed by atoms with Gasteiger partial charge in [-0.2, -0.15) is 0 Å². The van der Waals surface area contributed by atoms with Crippen LogP contribution < -0.4 is 10.6 Å². The number of nitro groups is 1. The molecule has 0 radical (unpaired) electrons. The first-order valence-corrected chi connectivity index (χ1v) is 11.0. The summed E-state index contributed by atoms with van der Waals surface area (Å²) in [7, 11) is 3.94. The largest absolute Gasteiger partial charge is 0.349 e. The summed E-state index contributed by atoms with van der Waals surface area (Å²) in [6, 6.07) is 9.84. The molecule has 2 amide bonds. The van der Waals surface area contributed by atoms with Crippen molar-refractivity contribution < 1.29 is 14.5 Å². The van der Waals surface area contributed by atoms with Crippen molar-refractivity contribution in [2.75, 3.05) is 31.7 Å². The molecule has 1 saturated carbocycles. The van der Waals surface area contributed by atoms with E-state index in [1.807, 2.05) is 19.0 Å². The Labute approximate surface area is 185 Å². The van der Waals surface area contributed by atoms with E-state index >= 15 is 0 Å². The number of nitrogens with one attached hydrogen (secondary N) is 2. The number of hydrogen-bond acceptors (Lipinski definition) is 6. The predicted molar refractivity (Wildman–Crippen MR) is 122 cm³/mol. The average molecular weight is 443 g/mol. The average Bonchev–Trinajstić information content (AvgIpc) is 3.53. The zero-order valence-corrected chi connectivity index (χ0v) is 18.6. The first kappa shape index (κ1) is 22.8. The molecule has 0 atom stereocenters. The van der Waals surface area contributed by atoms with Crippen molar-refractivity contribution in [2.24, 2.45) is 0 Å². The van der Waals surface area contributed by atoms with Gasteiger partial charge in [-0.3, -0.25) is 19.7 Å². The minimum absolute atomic E-state index is 0.00733. The van der Waals surface area contributed by atoms with Crippen LogP contribution in [0, 0.1) is 17.0 Å². The minimum Gasteiger partial charge on any atom is -0.349 e. The molecular weight excluding hydrogens is 416 g/mol. The highest BCUT2D eigenvalue weighted by Gasteiger charge is 2.25. The van der Waals surface area contributed by atoms with Crippen molar-refractivity contribution in [3.63, 3.8) is 0 Å². The molecule has 1 aliphatic rings. The van der Waals surface area contributed by atoms with Crippen LogP contribution in [0.5, 0.6) is 0 Å². The highest BCUT2D eigenvalue weighted by atomic mass is 32.2. The van der Waals surface area contributed by atoms with Gasteiger partial charge in [-0.25, -0.2) is 0 Å². The number of rotatable bonds is 9. The van der Waals surface area contributed by atoms with Gasteiger partial charge in [-0.15, -0.1) is 11.8 Å². The van der Waals surface area contributed by atoms with Crippen LogP contribution in [-0.2, 0) is 0 Å². The van der Waals surface area contributed by atoms with Crippen LogP contribution in [0.4, 0.5) is 11.4 Å². The summed E-state index contributed by atoms with van der Waals surface area (Å²) in [5.74, 6) is 0.0243. The molecule has 8 nitrogen and oxygen atoms in total. The van der Waals surface area contributed by atoms with Gasteiger partial charge in [-0.05, 0) is 63.7 Å². The molecule has 0 bridgehead atoms. The lowest BCUT2D eigenvalue weighted by atomic mass is 10.1. The third-order valence-electron chi connectivity index (χ3n) is 4.88. The Balaban J connectivity index is 1.81. The predicted octanol–water partition coefficient (Wildman–Crippen LogP) is 3.70. The first-order chi connectivity index (χ1) is 14.7. The lowest BCUT2D eigenvalue weighted by Gasteiger charge is -2.12. The molecule has 3 rings (SSSR count). The molecule has 0 spiro atoms. The second-order valence-corrected chi connectivity index (χ2v) is 8.99. The van der Waals surface area contributed by atoms with Gasteiger partial charge >= 0.3 is 0 Å². The number of nitrogens with zero attached hydrogens (tertiary/aromatic N) is 2. The van der Waals surface area contributed by atoms with Crippen LogP contribution in [0.1, 0.15) is 39.1 Å². The van der Waals surface area contributed by atoms with Gasteiger partial charge in [0.25, 0.3) is 17.5 Å². The van der Waals surface area contributed by atoms with E-state index in [9.17, 15) is 19.7 Å². The van der Waals surface area contributed by atoms with E-state index in [0.29, 0.717) is 11.3 Å². The number of thioether (sulfide) groups is 1. The fourth-order valence-electron chi connectivity index (χ4n) is 2.88. The number of amides is 2. The van der Waals surface area contributed by atoms with Crippen molar-refractivity contribution in [3.05, 3.63) is 63.2 Å². The summed E-state index contributed by atoms with van der Waals surface area (Å²) in [6.45, 7) is 2.65. The first-order valence-electron chi connectivity index (χ1n) is 10.0. The number of carbonyl (C=O) groups is 2. The molecule has 0 heterocycles. The van der Waals surface area contributed by atoms with Crippen molar-refractivity contribution in [3.8, 4) is 0 Å². The SMILES string of the molecule is Cc1ccc(C(=O)NC2CC2)cc1NC(=O)c1cc(SCCN(C)C)ccc1[N+](=O)[O-]. The summed E-state index contributed by atoms with van der Waals surface area (Å²) < 4.78 is 0. The fourth-order valence-corrected chi connectivity index (χ4v) is 3.93. The standard InChI is InChI=1S/C22H26N4O4S/c1-14-4-5-15(21(27)23-16-6-7-16)12-19(14)24-22(28)18-13-17(31-11-10-25(2)3)8-9-20(18)26(29)30/h4-5,8-9,12-13,16H,6-7,10-11H2,1-3H3,(H,23,27)(H,24,28). The normalized spacial score (nSPS) is 13.2. The van der Waals surface area contributed by atoms with Gasteiger partial charge in [0.15, 0.2) is 0 Å². The van der Waals surface area contributed by atoms with Crippen LogP contribution >= 0.6 is 11.8 Å². The molecular formula is C22H26N4O4S. The fraction of sp³-hybridized carbons (Fsp3) is 0.364. The maximum absolute atomic E-state index is 13.0. The number of nitro benzene ring substituents is 1. The Kier molecular flexibility index (Phi) is 7.29. The van der Waals surface area contributed by atoms with Crippen LogP contribution in [-0.4, -0.2) is 54.1 Å². The van der Waals surface area contributed by atoms with Crippen LogP contribution in [0.2, 0.25) is 0 Å². The Hall–Kier alpha value is -2.91. The van der Waals surface area contributed by atoms with Gasteiger partial charge in [0, 0.05) is 40.6 Å². The second-order valence-electron chi connectivity index (χ2n) is 7.82. The summed E-state index contributed by atoms with van der Waals surface area (Å²) in [6.07, 6.45) is 1.96. The number of carbonyl (C=O) groups excluding carboxylic acids is 2. The topological polar surface area (TPSA) is 105 Å². The number of hydrogen-bond donors (Lipinski definition) is 2. The van der Waals surface area contributed by atoms with Gasteiger partial charge < -0.3 is 15.5 Å². The molecule has 2 N–H and O–H groups in total. The third-order valence-corrected chi connectivity index (χ3v) is 5.85. The van der Waals surface area contributed by atoms with E-state index in [0.717, 1.165) is 35.6 Å². The Morgan fingerprint density at radius 3 is 2.55 bits per heavy atom. The number of aryl methyl sites for hydroxylation is 1. The van der Waals surface area contributed by atoms with E-state index in [4.69, 9.17) is 0 Å².